The minimum atomic E-state index is 0.0758. The highest BCUT2D eigenvalue weighted by Crippen LogP contribution is 2.21. The Labute approximate surface area is 112 Å². The number of hydrogen-bond acceptors (Lipinski definition) is 3. The maximum atomic E-state index is 12.0. The molecule has 1 unspecified atom stereocenters. The van der Waals surface area contributed by atoms with Crippen LogP contribution in [-0.4, -0.2) is 24.0 Å². The summed E-state index contributed by atoms with van der Waals surface area (Å²) in [5, 5.41) is 7.31. The van der Waals surface area contributed by atoms with Crippen molar-refractivity contribution in [1.82, 2.24) is 10.3 Å². The molecule has 0 aliphatic carbocycles. The summed E-state index contributed by atoms with van der Waals surface area (Å²) in [6, 6.07) is 9.74. The Balaban J connectivity index is 1.75. The molecule has 0 spiro atoms. The highest BCUT2D eigenvalue weighted by molar-refractivity contribution is 6.00. The maximum Gasteiger partial charge on any atom is 0.224 e. The molecule has 98 valence electrons. The number of pyridine rings is 1. The number of carbonyl (C=O) groups excluding carboxylic acids is 1. The molecule has 1 saturated heterocycles. The monoisotopic (exact) mass is 255 g/mol. The van der Waals surface area contributed by atoms with Crippen LogP contribution >= 0.6 is 0 Å². The van der Waals surface area contributed by atoms with Crippen LogP contribution in [0.15, 0.2) is 36.5 Å². The Morgan fingerprint density at radius 2 is 2.26 bits per heavy atom. The van der Waals surface area contributed by atoms with Crippen LogP contribution in [0.4, 0.5) is 5.69 Å². The van der Waals surface area contributed by atoms with Gasteiger partial charge in [0.15, 0.2) is 0 Å². The minimum Gasteiger partial charge on any atom is -0.324 e. The lowest BCUT2D eigenvalue weighted by molar-refractivity contribution is -0.116. The smallest absolute Gasteiger partial charge is 0.224 e. The van der Waals surface area contributed by atoms with Gasteiger partial charge in [-0.05, 0) is 37.6 Å². The van der Waals surface area contributed by atoms with Crippen LogP contribution in [0.2, 0.25) is 0 Å². The van der Waals surface area contributed by atoms with Gasteiger partial charge in [0.1, 0.15) is 0 Å². The fraction of sp³-hybridized carbons (Fsp3) is 0.333. The Morgan fingerprint density at radius 3 is 3.11 bits per heavy atom. The number of rotatable bonds is 3. The topological polar surface area (TPSA) is 54.0 Å². The van der Waals surface area contributed by atoms with Crippen LogP contribution < -0.4 is 10.6 Å². The van der Waals surface area contributed by atoms with Gasteiger partial charge in [0.25, 0.3) is 0 Å². The number of aromatic nitrogens is 1. The number of carbonyl (C=O) groups is 1. The SMILES string of the molecule is O=C(CC1CCNC1)Nc1cccc2cccnc12. The maximum absolute atomic E-state index is 12.0. The summed E-state index contributed by atoms with van der Waals surface area (Å²) in [4.78, 5) is 16.4. The van der Waals surface area contributed by atoms with Crippen molar-refractivity contribution in [3.05, 3.63) is 36.5 Å². The number of para-hydroxylation sites is 1. The first kappa shape index (κ1) is 12.1. The number of hydrogen-bond donors (Lipinski definition) is 2. The van der Waals surface area contributed by atoms with E-state index in [1.807, 2.05) is 30.3 Å². The first-order valence-electron chi connectivity index (χ1n) is 6.67. The second kappa shape index (κ2) is 5.36. The summed E-state index contributed by atoms with van der Waals surface area (Å²) >= 11 is 0. The van der Waals surface area contributed by atoms with E-state index in [1.165, 1.54) is 0 Å². The molecule has 3 rings (SSSR count). The minimum absolute atomic E-state index is 0.0758. The number of amides is 1. The predicted molar refractivity (Wildman–Crippen MR) is 76.0 cm³/mol. The van der Waals surface area contributed by atoms with E-state index in [2.05, 4.69) is 15.6 Å². The Kier molecular flexibility index (Phi) is 3.42. The average Bonchev–Trinajstić information content (AvgIpc) is 2.92. The van der Waals surface area contributed by atoms with Gasteiger partial charge in [-0.25, -0.2) is 0 Å². The van der Waals surface area contributed by atoms with Gasteiger partial charge in [0.2, 0.25) is 5.91 Å². The summed E-state index contributed by atoms with van der Waals surface area (Å²) in [5.41, 5.74) is 1.65. The Bertz CT molecular complexity index is 585. The molecule has 1 aliphatic heterocycles. The third-order valence-electron chi connectivity index (χ3n) is 3.54. The van der Waals surface area contributed by atoms with E-state index in [-0.39, 0.29) is 5.91 Å². The predicted octanol–water partition coefficient (Wildman–Crippen LogP) is 2.17. The number of anilines is 1. The molecule has 1 atom stereocenters. The van der Waals surface area contributed by atoms with Crippen LogP contribution in [0.25, 0.3) is 10.9 Å². The normalized spacial score (nSPS) is 18.6. The largest absolute Gasteiger partial charge is 0.324 e. The van der Waals surface area contributed by atoms with E-state index in [9.17, 15) is 4.79 Å². The van der Waals surface area contributed by atoms with Crippen molar-refractivity contribution < 1.29 is 4.79 Å². The van der Waals surface area contributed by atoms with Gasteiger partial charge in [-0.15, -0.1) is 0 Å². The molecule has 1 aromatic heterocycles. The van der Waals surface area contributed by atoms with Crippen LogP contribution in [-0.2, 0) is 4.79 Å². The van der Waals surface area contributed by atoms with Gasteiger partial charge < -0.3 is 10.6 Å². The molecule has 1 aliphatic rings. The van der Waals surface area contributed by atoms with Gasteiger partial charge in [-0.1, -0.05) is 18.2 Å². The van der Waals surface area contributed by atoms with E-state index >= 15 is 0 Å². The first-order valence-corrected chi connectivity index (χ1v) is 6.67. The summed E-state index contributed by atoms with van der Waals surface area (Å²) in [5.74, 6) is 0.537. The standard InChI is InChI=1S/C15H17N3O/c19-14(9-11-6-8-16-10-11)18-13-5-1-3-12-4-2-7-17-15(12)13/h1-5,7,11,16H,6,8-10H2,(H,18,19). The lowest BCUT2D eigenvalue weighted by Crippen LogP contribution is -2.18. The second-order valence-electron chi connectivity index (χ2n) is 4.99. The molecule has 2 heterocycles. The van der Waals surface area contributed by atoms with Gasteiger partial charge in [0.05, 0.1) is 11.2 Å². The molecule has 1 amide bonds. The summed E-state index contributed by atoms with van der Waals surface area (Å²) in [6.45, 7) is 1.97. The molecule has 19 heavy (non-hydrogen) atoms. The second-order valence-corrected chi connectivity index (χ2v) is 4.99. The first-order chi connectivity index (χ1) is 9.33. The molecule has 0 bridgehead atoms. The molecular weight excluding hydrogens is 238 g/mol. The lowest BCUT2D eigenvalue weighted by atomic mass is 10.0. The fourth-order valence-corrected chi connectivity index (χ4v) is 2.56. The number of nitrogens with one attached hydrogen (secondary N) is 2. The van der Waals surface area contributed by atoms with Crippen molar-refractivity contribution in [3.8, 4) is 0 Å². The van der Waals surface area contributed by atoms with Crippen molar-refractivity contribution >= 4 is 22.5 Å². The van der Waals surface area contributed by atoms with Crippen LogP contribution in [0.1, 0.15) is 12.8 Å². The molecule has 4 nitrogen and oxygen atoms in total. The zero-order valence-corrected chi connectivity index (χ0v) is 10.7. The van der Waals surface area contributed by atoms with Crippen LogP contribution in [0.3, 0.4) is 0 Å². The lowest BCUT2D eigenvalue weighted by Gasteiger charge is -2.10. The number of fused-ring (bicyclic) bond motifs is 1. The molecular formula is C15H17N3O. The van der Waals surface area contributed by atoms with Gasteiger partial charge in [-0.2, -0.15) is 0 Å². The quantitative estimate of drug-likeness (QED) is 0.883. The van der Waals surface area contributed by atoms with Gasteiger partial charge in [-0.3, -0.25) is 9.78 Å². The highest BCUT2D eigenvalue weighted by Gasteiger charge is 2.18. The molecule has 2 aromatic rings. The molecule has 2 N–H and O–H groups in total. The summed E-state index contributed by atoms with van der Waals surface area (Å²) in [6.07, 6.45) is 3.41. The summed E-state index contributed by atoms with van der Waals surface area (Å²) < 4.78 is 0. The summed E-state index contributed by atoms with van der Waals surface area (Å²) in [7, 11) is 0. The van der Waals surface area contributed by atoms with Crippen molar-refractivity contribution in [3.63, 3.8) is 0 Å². The third kappa shape index (κ3) is 2.74. The zero-order valence-electron chi connectivity index (χ0n) is 10.7. The van der Waals surface area contributed by atoms with E-state index < -0.39 is 0 Å². The van der Waals surface area contributed by atoms with Gasteiger partial charge in [0, 0.05) is 18.0 Å². The van der Waals surface area contributed by atoms with E-state index in [0.717, 1.165) is 36.1 Å². The van der Waals surface area contributed by atoms with Crippen molar-refractivity contribution in [1.29, 1.82) is 0 Å². The molecule has 1 aromatic carbocycles. The Morgan fingerprint density at radius 1 is 1.37 bits per heavy atom. The van der Waals surface area contributed by atoms with E-state index in [4.69, 9.17) is 0 Å². The molecule has 0 saturated carbocycles. The number of nitrogens with zero attached hydrogens (tertiary/aromatic N) is 1. The van der Waals surface area contributed by atoms with Gasteiger partial charge >= 0.3 is 0 Å². The Hall–Kier alpha value is -1.94. The average molecular weight is 255 g/mol. The molecule has 4 heteroatoms. The fourth-order valence-electron chi connectivity index (χ4n) is 2.56. The van der Waals surface area contributed by atoms with Crippen molar-refractivity contribution in [2.75, 3.05) is 18.4 Å². The highest BCUT2D eigenvalue weighted by atomic mass is 16.1. The van der Waals surface area contributed by atoms with Crippen LogP contribution in [0.5, 0.6) is 0 Å². The molecule has 1 fully saturated rings. The third-order valence-corrected chi connectivity index (χ3v) is 3.54. The van der Waals surface area contributed by atoms with E-state index in [0.29, 0.717) is 12.3 Å². The van der Waals surface area contributed by atoms with Crippen LogP contribution in [0, 0.1) is 5.92 Å². The van der Waals surface area contributed by atoms with E-state index in [1.54, 1.807) is 6.20 Å². The number of benzene rings is 1. The van der Waals surface area contributed by atoms with Crippen molar-refractivity contribution in [2.24, 2.45) is 5.92 Å². The zero-order chi connectivity index (χ0) is 13.1. The molecule has 0 radical (unpaired) electrons. The van der Waals surface area contributed by atoms with Crippen molar-refractivity contribution in [2.45, 2.75) is 12.8 Å².